The number of hydrogen-bond donors (Lipinski definition) is 1. The Morgan fingerprint density at radius 2 is 2.11 bits per heavy atom. The first-order chi connectivity index (χ1) is 8.69. The minimum absolute atomic E-state index is 0.358. The highest BCUT2D eigenvalue weighted by Gasteiger charge is 2.53. The molecule has 6 heteroatoms. The van der Waals surface area contributed by atoms with Gasteiger partial charge in [-0.2, -0.15) is 0 Å². The molecule has 1 aromatic rings. The van der Waals surface area contributed by atoms with E-state index in [4.69, 9.17) is 25.8 Å². The van der Waals surface area contributed by atoms with Crippen molar-refractivity contribution in [1.82, 2.24) is 0 Å². The largest absolute Gasteiger partial charge is 0.495 e. The molecular weight excluding hydrogens is 258 g/mol. The second kappa shape index (κ2) is 4.12. The van der Waals surface area contributed by atoms with Crippen molar-refractivity contribution in [3.63, 3.8) is 0 Å². The van der Waals surface area contributed by atoms with Crippen LogP contribution in [0.3, 0.4) is 0 Å². The van der Waals surface area contributed by atoms with E-state index in [0.29, 0.717) is 35.2 Å². The van der Waals surface area contributed by atoms with Crippen LogP contribution in [-0.4, -0.2) is 26.2 Å². The Morgan fingerprint density at radius 3 is 2.78 bits per heavy atom. The third-order valence-corrected chi connectivity index (χ3v) is 3.42. The first kappa shape index (κ1) is 11.8. The zero-order valence-corrected chi connectivity index (χ0v) is 10.5. The summed E-state index contributed by atoms with van der Waals surface area (Å²) in [5.74, 6) is -1.24. The van der Waals surface area contributed by atoms with Crippen LogP contribution < -0.4 is 10.1 Å². The van der Waals surface area contributed by atoms with E-state index in [1.807, 2.05) is 0 Å². The number of methoxy groups -OCH3 is 1. The predicted molar refractivity (Wildman–Crippen MR) is 64.8 cm³/mol. The molecule has 0 aromatic heterocycles. The minimum atomic E-state index is -1.42. The number of carbonyl (C=O) groups is 1. The highest BCUT2D eigenvalue weighted by Crippen LogP contribution is 2.49. The number of halogens is 1. The van der Waals surface area contributed by atoms with E-state index < -0.39 is 5.79 Å². The average molecular weight is 270 g/mol. The van der Waals surface area contributed by atoms with Gasteiger partial charge in [0, 0.05) is 0 Å². The fourth-order valence-corrected chi connectivity index (χ4v) is 2.57. The number of nitrogens with one attached hydrogen (secondary N) is 1. The van der Waals surface area contributed by atoms with Gasteiger partial charge in [-0.15, -0.1) is 0 Å². The zero-order valence-electron chi connectivity index (χ0n) is 9.79. The Morgan fingerprint density at radius 1 is 1.39 bits per heavy atom. The van der Waals surface area contributed by atoms with Gasteiger partial charge < -0.3 is 19.5 Å². The van der Waals surface area contributed by atoms with E-state index in [0.717, 1.165) is 6.42 Å². The summed E-state index contributed by atoms with van der Waals surface area (Å²) in [5, 5.41) is 3.14. The number of hydrogen-bond acceptors (Lipinski definition) is 4. The van der Waals surface area contributed by atoms with Crippen LogP contribution in [0.4, 0.5) is 5.69 Å². The summed E-state index contributed by atoms with van der Waals surface area (Å²) in [4.78, 5) is 12.2. The third kappa shape index (κ3) is 1.44. The lowest BCUT2D eigenvalue weighted by atomic mass is 10.1. The molecule has 1 spiro atoms. The fourth-order valence-electron chi connectivity index (χ4n) is 2.29. The van der Waals surface area contributed by atoms with Crippen LogP contribution in [-0.2, 0) is 20.1 Å². The standard InChI is InChI=1S/C12H12ClNO4/c1-16-8-4-3-7(13)9-10(8)14-11(15)12(9)17-5-2-6-18-12/h3-4H,2,5-6H2,1H3,(H,14,15). The smallest absolute Gasteiger partial charge is 0.290 e. The molecule has 1 amide bonds. The summed E-state index contributed by atoms with van der Waals surface area (Å²) < 4.78 is 16.4. The molecule has 0 bridgehead atoms. The van der Waals surface area contributed by atoms with Crippen molar-refractivity contribution >= 4 is 23.2 Å². The molecule has 2 heterocycles. The van der Waals surface area contributed by atoms with Crippen molar-refractivity contribution in [3.05, 3.63) is 22.7 Å². The van der Waals surface area contributed by atoms with Crippen molar-refractivity contribution in [2.24, 2.45) is 0 Å². The molecule has 96 valence electrons. The summed E-state index contributed by atoms with van der Waals surface area (Å²) in [7, 11) is 1.53. The van der Waals surface area contributed by atoms with Gasteiger partial charge in [0.2, 0.25) is 0 Å². The Bertz CT molecular complexity index is 511. The van der Waals surface area contributed by atoms with Gasteiger partial charge in [0.15, 0.2) is 0 Å². The summed E-state index contributed by atoms with van der Waals surface area (Å²) in [6.45, 7) is 0.917. The second-order valence-electron chi connectivity index (χ2n) is 4.12. The van der Waals surface area contributed by atoms with Gasteiger partial charge in [-0.05, 0) is 18.6 Å². The Kier molecular flexibility index (Phi) is 2.69. The summed E-state index contributed by atoms with van der Waals surface area (Å²) in [6, 6.07) is 3.37. The number of carbonyl (C=O) groups excluding carboxylic acids is 1. The van der Waals surface area contributed by atoms with Crippen LogP contribution in [0, 0.1) is 0 Å². The normalized spacial score (nSPS) is 20.7. The quantitative estimate of drug-likeness (QED) is 0.846. The Balaban J connectivity index is 2.19. The third-order valence-electron chi connectivity index (χ3n) is 3.10. The van der Waals surface area contributed by atoms with Crippen LogP contribution in [0.1, 0.15) is 12.0 Å². The molecule has 0 radical (unpaired) electrons. The fraction of sp³-hybridized carbons (Fsp3) is 0.417. The van der Waals surface area contributed by atoms with E-state index in [1.54, 1.807) is 12.1 Å². The molecule has 5 nitrogen and oxygen atoms in total. The predicted octanol–water partition coefficient (Wildman–Crippen LogP) is 1.89. The van der Waals surface area contributed by atoms with Gasteiger partial charge in [0.25, 0.3) is 11.7 Å². The van der Waals surface area contributed by atoms with E-state index in [-0.39, 0.29) is 5.91 Å². The molecule has 0 aliphatic carbocycles. The molecule has 1 saturated heterocycles. The Hall–Kier alpha value is -1.30. The van der Waals surface area contributed by atoms with Crippen molar-refractivity contribution in [2.45, 2.75) is 12.2 Å². The van der Waals surface area contributed by atoms with Crippen LogP contribution in [0.5, 0.6) is 5.75 Å². The minimum Gasteiger partial charge on any atom is -0.495 e. The van der Waals surface area contributed by atoms with Gasteiger partial charge in [0.05, 0.1) is 36.6 Å². The van der Waals surface area contributed by atoms with E-state index in [9.17, 15) is 4.79 Å². The molecule has 0 saturated carbocycles. The van der Waals surface area contributed by atoms with Crippen molar-refractivity contribution in [3.8, 4) is 5.75 Å². The highest BCUT2D eigenvalue weighted by molar-refractivity contribution is 6.33. The maximum atomic E-state index is 12.2. The number of benzene rings is 1. The van der Waals surface area contributed by atoms with E-state index in [1.165, 1.54) is 7.11 Å². The van der Waals surface area contributed by atoms with Crippen LogP contribution >= 0.6 is 11.6 Å². The monoisotopic (exact) mass is 269 g/mol. The van der Waals surface area contributed by atoms with Gasteiger partial charge in [0.1, 0.15) is 5.75 Å². The zero-order chi connectivity index (χ0) is 12.8. The number of amides is 1. The lowest BCUT2D eigenvalue weighted by molar-refractivity contribution is -0.255. The number of fused-ring (bicyclic) bond motifs is 2. The number of rotatable bonds is 1. The lowest BCUT2D eigenvalue weighted by Crippen LogP contribution is -2.43. The van der Waals surface area contributed by atoms with E-state index >= 15 is 0 Å². The molecule has 1 N–H and O–H groups in total. The van der Waals surface area contributed by atoms with Crippen molar-refractivity contribution in [1.29, 1.82) is 0 Å². The lowest BCUT2D eigenvalue weighted by Gasteiger charge is -2.32. The van der Waals surface area contributed by atoms with Gasteiger partial charge >= 0.3 is 0 Å². The Labute approximate surface area is 109 Å². The number of anilines is 1. The van der Waals surface area contributed by atoms with Gasteiger partial charge in [-0.1, -0.05) is 11.6 Å². The molecule has 2 aliphatic heterocycles. The van der Waals surface area contributed by atoms with Crippen molar-refractivity contribution < 1.29 is 19.0 Å². The maximum absolute atomic E-state index is 12.2. The van der Waals surface area contributed by atoms with Crippen LogP contribution in [0.2, 0.25) is 5.02 Å². The topological polar surface area (TPSA) is 56.8 Å². The molecule has 1 fully saturated rings. The van der Waals surface area contributed by atoms with Crippen LogP contribution in [0.15, 0.2) is 12.1 Å². The molecule has 0 unspecified atom stereocenters. The number of ether oxygens (including phenoxy) is 3. The first-order valence-corrected chi connectivity index (χ1v) is 6.03. The van der Waals surface area contributed by atoms with Crippen LogP contribution in [0.25, 0.3) is 0 Å². The molecule has 0 atom stereocenters. The van der Waals surface area contributed by atoms with E-state index in [2.05, 4.69) is 5.32 Å². The average Bonchev–Trinajstić information content (AvgIpc) is 2.66. The summed E-state index contributed by atoms with van der Waals surface area (Å²) in [5.41, 5.74) is 1.03. The summed E-state index contributed by atoms with van der Waals surface area (Å²) >= 11 is 6.18. The first-order valence-electron chi connectivity index (χ1n) is 5.65. The molecule has 18 heavy (non-hydrogen) atoms. The molecule has 2 aliphatic rings. The molecule has 3 rings (SSSR count). The SMILES string of the molecule is COc1ccc(Cl)c2c1NC(=O)C21OCCCO1. The highest BCUT2D eigenvalue weighted by atomic mass is 35.5. The maximum Gasteiger partial charge on any atom is 0.290 e. The van der Waals surface area contributed by atoms with Crippen molar-refractivity contribution in [2.75, 3.05) is 25.6 Å². The second-order valence-corrected chi connectivity index (χ2v) is 4.53. The summed E-state index contributed by atoms with van der Waals surface area (Å²) in [6.07, 6.45) is 0.756. The molecular formula is C12H12ClNO4. The van der Waals surface area contributed by atoms with Gasteiger partial charge in [-0.25, -0.2) is 0 Å². The van der Waals surface area contributed by atoms with Gasteiger partial charge in [-0.3, -0.25) is 4.79 Å². The molecule has 1 aromatic carbocycles.